The Morgan fingerprint density at radius 3 is 2.12 bits per heavy atom. The van der Waals surface area contributed by atoms with Crippen LogP contribution in [0.25, 0.3) is 0 Å². The van der Waals surface area contributed by atoms with Crippen molar-refractivity contribution in [3.05, 3.63) is 71.5 Å². The molecule has 2 fully saturated rings. The monoisotopic (exact) mass is 451 g/mol. The van der Waals surface area contributed by atoms with E-state index in [0.29, 0.717) is 44.6 Å². The van der Waals surface area contributed by atoms with Gasteiger partial charge < -0.3 is 15.1 Å². The van der Waals surface area contributed by atoms with Gasteiger partial charge >= 0.3 is 0 Å². The molecule has 0 aromatic heterocycles. The van der Waals surface area contributed by atoms with E-state index in [-0.39, 0.29) is 23.3 Å². The summed E-state index contributed by atoms with van der Waals surface area (Å²) in [6.45, 7) is 2.38. The fourth-order valence-electron chi connectivity index (χ4n) is 4.76. The molecule has 174 valence electrons. The molecule has 3 amide bonds. The van der Waals surface area contributed by atoms with Gasteiger partial charge in [0.15, 0.2) is 0 Å². The number of amides is 3. The Morgan fingerprint density at radius 1 is 0.818 bits per heavy atom. The van der Waals surface area contributed by atoms with E-state index in [2.05, 4.69) is 5.32 Å². The van der Waals surface area contributed by atoms with Gasteiger partial charge in [-0.2, -0.15) is 0 Å². The minimum Gasteiger partial charge on any atom is -0.341 e. The highest BCUT2D eigenvalue weighted by Gasteiger charge is 2.36. The van der Waals surface area contributed by atoms with Crippen LogP contribution in [0.4, 0.5) is 4.39 Å². The predicted octanol–water partition coefficient (Wildman–Crippen LogP) is 3.49. The predicted molar refractivity (Wildman–Crippen MR) is 123 cm³/mol. The molecule has 0 bridgehead atoms. The van der Waals surface area contributed by atoms with Crippen molar-refractivity contribution in [3.8, 4) is 0 Å². The maximum atomic E-state index is 14.2. The number of rotatable bonds is 5. The van der Waals surface area contributed by atoms with E-state index in [1.807, 2.05) is 23.1 Å². The van der Waals surface area contributed by atoms with Crippen molar-refractivity contribution in [3.63, 3.8) is 0 Å². The SMILES string of the molecule is O=C(NC(C(=O)N1CCCCC1)C1CCN(C(=O)c2ccccc2)CC1)c1ccccc1F. The van der Waals surface area contributed by atoms with Crippen molar-refractivity contribution < 1.29 is 18.8 Å². The van der Waals surface area contributed by atoms with Gasteiger partial charge in [0.05, 0.1) is 5.56 Å². The van der Waals surface area contributed by atoms with Gasteiger partial charge in [-0.25, -0.2) is 4.39 Å². The third-order valence-corrected chi connectivity index (χ3v) is 6.66. The molecule has 0 aliphatic carbocycles. The van der Waals surface area contributed by atoms with Gasteiger partial charge in [0, 0.05) is 31.7 Å². The Bertz CT molecular complexity index is 983. The number of halogens is 1. The highest BCUT2D eigenvalue weighted by atomic mass is 19.1. The van der Waals surface area contributed by atoms with Crippen molar-refractivity contribution in [1.82, 2.24) is 15.1 Å². The third kappa shape index (κ3) is 5.41. The van der Waals surface area contributed by atoms with E-state index in [9.17, 15) is 18.8 Å². The minimum atomic E-state index is -0.732. The van der Waals surface area contributed by atoms with Gasteiger partial charge in [0.25, 0.3) is 11.8 Å². The van der Waals surface area contributed by atoms with E-state index in [1.165, 1.54) is 18.2 Å². The molecule has 2 aliphatic rings. The van der Waals surface area contributed by atoms with Gasteiger partial charge in [-0.1, -0.05) is 30.3 Å². The molecule has 7 heteroatoms. The van der Waals surface area contributed by atoms with Gasteiger partial charge in [0.2, 0.25) is 5.91 Å². The Balaban J connectivity index is 1.47. The van der Waals surface area contributed by atoms with Crippen LogP contribution in [0.2, 0.25) is 0 Å². The van der Waals surface area contributed by atoms with Crippen LogP contribution in [-0.2, 0) is 4.79 Å². The summed E-state index contributed by atoms with van der Waals surface area (Å²) in [5, 5.41) is 2.84. The van der Waals surface area contributed by atoms with Crippen LogP contribution in [0.15, 0.2) is 54.6 Å². The lowest BCUT2D eigenvalue weighted by Crippen LogP contribution is -2.55. The number of benzene rings is 2. The van der Waals surface area contributed by atoms with Crippen LogP contribution in [0.5, 0.6) is 0 Å². The molecule has 1 unspecified atom stereocenters. The summed E-state index contributed by atoms with van der Waals surface area (Å²) in [6.07, 6.45) is 4.18. The zero-order chi connectivity index (χ0) is 23.2. The van der Waals surface area contributed by atoms with Crippen molar-refractivity contribution >= 4 is 17.7 Å². The normalized spacial score (nSPS) is 18.0. The average Bonchev–Trinajstić information content (AvgIpc) is 2.88. The van der Waals surface area contributed by atoms with Crippen LogP contribution >= 0.6 is 0 Å². The lowest BCUT2D eigenvalue weighted by atomic mass is 9.87. The second kappa shape index (κ2) is 10.6. The van der Waals surface area contributed by atoms with Crippen LogP contribution in [0.1, 0.15) is 52.8 Å². The zero-order valence-electron chi connectivity index (χ0n) is 18.7. The second-order valence-corrected chi connectivity index (χ2v) is 8.81. The number of hydrogen-bond donors (Lipinski definition) is 1. The van der Waals surface area contributed by atoms with E-state index in [1.54, 1.807) is 23.1 Å². The molecule has 4 rings (SSSR count). The maximum Gasteiger partial charge on any atom is 0.254 e. The van der Waals surface area contributed by atoms with Gasteiger partial charge in [-0.15, -0.1) is 0 Å². The fraction of sp³-hybridized carbons (Fsp3) is 0.423. The van der Waals surface area contributed by atoms with Crippen LogP contribution < -0.4 is 5.32 Å². The number of carbonyl (C=O) groups excluding carboxylic acids is 3. The van der Waals surface area contributed by atoms with E-state index in [0.717, 1.165) is 19.3 Å². The molecule has 0 spiro atoms. The van der Waals surface area contributed by atoms with Gasteiger partial charge in [-0.05, 0) is 62.3 Å². The highest BCUT2D eigenvalue weighted by Crippen LogP contribution is 2.25. The Morgan fingerprint density at radius 2 is 1.45 bits per heavy atom. The van der Waals surface area contributed by atoms with Crippen LogP contribution in [0.3, 0.4) is 0 Å². The molecule has 2 aromatic rings. The Hall–Kier alpha value is -3.22. The summed E-state index contributed by atoms with van der Waals surface area (Å²) in [5.41, 5.74) is 0.579. The van der Waals surface area contributed by atoms with E-state index >= 15 is 0 Å². The zero-order valence-corrected chi connectivity index (χ0v) is 18.7. The van der Waals surface area contributed by atoms with Crippen molar-refractivity contribution in [1.29, 1.82) is 0 Å². The molecule has 0 radical (unpaired) electrons. The molecule has 2 aromatic carbocycles. The van der Waals surface area contributed by atoms with Crippen LogP contribution in [-0.4, -0.2) is 59.7 Å². The smallest absolute Gasteiger partial charge is 0.254 e. The standard InChI is InChI=1S/C26H30FN3O3/c27-22-12-6-5-11-21(22)24(31)28-23(26(33)29-15-7-2-8-16-29)19-13-17-30(18-14-19)25(32)20-9-3-1-4-10-20/h1,3-6,9-12,19,23H,2,7-8,13-18H2,(H,28,31). The first-order chi connectivity index (χ1) is 16.0. The molecule has 2 heterocycles. The molecule has 2 saturated heterocycles. The first-order valence-electron chi connectivity index (χ1n) is 11.7. The summed E-state index contributed by atoms with van der Waals surface area (Å²) in [6, 6.07) is 14.2. The molecule has 1 atom stereocenters. The Labute approximate surface area is 193 Å². The first kappa shape index (κ1) is 23.0. The van der Waals surface area contributed by atoms with Crippen molar-refractivity contribution in [2.45, 2.75) is 38.1 Å². The summed E-state index contributed by atoms with van der Waals surface area (Å²) >= 11 is 0. The van der Waals surface area contributed by atoms with Gasteiger partial charge in [0.1, 0.15) is 11.9 Å². The highest BCUT2D eigenvalue weighted by molar-refractivity contribution is 5.98. The molecule has 0 saturated carbocycles. The average molecular weight is 452 g/mol. The molecule has 1 N–H and O–H groups in total. The first-order valence-corrected chi connectivity index (χ1v) is 11.7. The van der Waals surface area contributed by atoms with Crippen molar-refractivity contribution in [2.75, 3.05) is 26.2 Å². The van der Waals surface area contributed by atoms with Crippen LogP contribution in [0, 0.1) is 11.7 Å². The summed E-state index contributed by atoms with van der Waals surface area (Å²) < 4.78 is 14.2. The number of carbonyl (C=O) groups is 3. The number of nitrogens with zero attached hydrogens (tertiary/aromatic N) is 2. The topological polar surface area (TPSA) is 69.7 Å². The summed E-state index contributed by atoms with van der Waals surface area (Å²) in [5.74, 6) is -1.43. The third-order valence-electron chi connectivity index (χ3n) is 6.66. The maximum absolute atomic E-state index is 14.2. The Kier molecular flexibility index (Phi) is 7.37. The lowest BCUT2D eigenvalue weighted by molar-refractivity contribution is -0.136. The lowest BCUT2D eigenvalue weighted by Gasteiger charge is -2.38. The molecule has 2 aliphatic heterocycles. The minimum absolute atomic E-state index is 0.0247. The summed E-state index contributed by atoms with van der Waals surface area (Å²) in [7, 11) is 0. The largest absolute Gasteiger partial charge is 0.341 e. The number of likely N-dealkylation sites (tertiary alicyclic amines) is 2. The van der Waals surface area contributed by atoms with E-state index in [4.69, 9.17) is 0 Å². The summed E-state index contributed by atoms with van der Waals surface area (Å²) in [4.78, 5) is 42.7. The van der Waals surface area contributed by atoms with E-state index < -0.39 is 17.8 Å². The van der Waals surface area contributed by atoms with Gasteiger partial charge in [-0.3, -0.25) is 14.4 Å². The molecule has 33 heavy (non-hydrogen) atoms. The molecular formula is C26H30FN3O3. The number of piperidine rings is 2. The number of nitrogens with one attached hydrogen (secondary N) is 1. The quantitative estimate of drug-likeness (QED) is 0.757. The molecule has 6 nitrogen and oxygen atoms in total. The number of hydrogen-bond acceptors (Lipinski definition) is 3. The van der Waals surface area contributed by atoms with Crippen molar-refractivity contribution in [2.24, 2.45) is 5.92 Å². The fourth-order valence-corrected chi connectivity index (χ4v) is 4.76. The second-order valence-electron chi connectivity index (χ2n) is 8.81. The molecular weight excluding hydrogens is 421 g/mol.